The number of amides is 1. The molecule has 31 heavy (non-hydrogen) atoms. The number of nitrogens with zero attached hydrogens (tertiary/aromatic N) is 2. The van der Waals surface area contributed by atoms with Gasteiger partial charge < -0.3 is 19.7 Å². The van der Waals surface area contributed by atoms with E-state index in [2.05, 4.69) is 9.71 Å². The van der Waals surface area contributed by atoms with Crippen molar-refractivity contribution in [2.75, 3.05) is 33.4 Å². The van der Waals surface area contributed by atoms with Gasteiger partial charge in [0, 0.05) is 24.7 Å². The number of hydrogen-bond acceptors (Lipinski definition) is 6. The van der Waals surface area contributed by atoms with E-state index in [9.17, 15) is 13.2 Å². The van der Waals surface area contributed by atoms with Crippen molar-refractivity contribution in [2.45, 2.75) is 17.7 Å². The molecule has 1 unspecified atom stereocenters. The molecule has 8 nitrogen and oxygen atoms in total. The molecule has 2 aliphatic rings. The predicted octanol–water partition coefficient (Wildman–Crippen LogP) is 2.05. The van der Waals surface area contributed by atoms with Crippen molar-refractivity contribution in [3.8, 4) is 11.5 Å². The standard InChI is InChI=1S/C22H25N3O5S/c1-29-17-7-4-8-18(14-17)30-13-11-23-22(26)16-6-5-12-25(15-16)21-19-9-2-3-10-20(19)31(27,28)24-21/h2-4,7-10,14,16H,5-6,11-13,15H2,1H3,(H,23,26). The van der Waals surface area contributed by atoms with Gasteiger partial charge in [-0.15, -0.1) is 4.40 Å². The fourth-order valence-corrected chi connectivity index (χ4v) is 5.11. The second-order valence-corrected chi connectivity index (χ2v) is 9.06. The molecule has 1 atom stereocenters. The van der Waals surface area contributed by atoms with Crippen LogP contribution in [0.1, 0.15) is 18.4 Å². The third kappa shape index (κ3) is 4.66. The van der Waals surface area contributed by atoms with E-state index in [1.165, 1.54) is 0 Å². The van der Waals surface area contributed by atoms with Crippen LogP contribution in [0.2, 0.25) is 0 Å². The summed E-state index contributed by atoms with van der Waals surface area (Å²) in [5.74, 6) is 1.53. The molecule has 164 valence electrons. The second kappa shape index (κ2) is 8.97. The number of carbonyl (C=O) groups is 1. The zero-order chi connectivity index (χ0) is 21.8. The van der Waals surface area contributed by atoms with Crippen molar-refractivity contribution < 1.29 is 22.7 Å². The maximum Gasteiger partial charge on any atom is 0.285 e. The number of ether oxygens (including phenoxy) is 2. The average molecular weight is 444 g/mol. The summed E-state index contributed by atoms with van der Waals surface area (Å²) in [7, 11) is -2.08. The highest BCUT2D eigenvalue weighted by Crippen LogP contribution is 2.29. The molecule has 0 bridgehead atoms. The Kier molecular flexibility index (Phi) is 6.13. The summed E-state index contributed by atoms with van der Waals surface area (Å²) in [5.41, 5.74) is 0.607. The molecule has 2 aromatic carbocycles. The molecule has 1 fully saturated rings. The van der Waals surface area contributed by atoms with Crippen LogP contribution >= 0.6 is 0 Å². The Hall–Kier alpha value is -3.07. The molecule has 1 N–H and O–H groups in total. The van der Waals surface area contributed by atoms with Gasteiger partial charge in [-0.25, -0.2) is 0 Å². The minimum atomic E-state index is -3.67. The topological polar surface area (TPSA) is 97.3 Å². The molecular formula is C22H25N3O5S. The minimum absolute atomic E-state index is 0.0614. The number of piperidine rings is 1. The van der Waals surface area contributed by atoms with Crippen LogP contribution in [0, 0.1) is 5.92 Å². The Morgan fingerprint density at radius 1 is 1.19 bits per heavy atom. The number of fused-ring (bicyclic) bond motifs is 1. The van der Waals surface area contributed by atoms with E-state index in [1.54, 1.807) is 37.4 Å². The van der Waals surface area contributed by atoms with Crippen LogP contribution in [0.25, 0.3) is 0 Å². The van der Waals surface area contributed by atoms with Gasteiger partial charge in [-0.1, -0.05) is 18.2 Å². The summed E-state index contributed by atoms with van der Waals surface area (Å²) in [6.45, 7) is 1.83. The SMILES string of the molecule is COc1cccc(OCCNC(=O)C2CCCN(C3=NS(=O)(=O)c4ccccc43)C2)c1. The van der Waals surface area contributed by atoms with Gasteiger partial charge in [-0.2, -0.15) is 8.42 Å². The van der Waals surface area contributed by atoms with Crippen molar-refractivity contribution in [1.82, 2.24) is 10.2 Å². The lowest BCUT2D eigenvalue weighted by molar-refractivity contribution is -0.126. The fraction of sp³-hybridized carbons (Fsp3) is 0.364. The monoisotopic (exact) mass is 443 g/mol. The van der Waals surface area contributed by atoms with Crippen molar-refractivity contribution >= 4 is 21.8 Å². The van der Waals surface area contributed by atoms with Gasteiger partial charge in [0.2, 0.25) is 5.91 Å². The van der Waals surface area contributed by atoms with Crippen LogP contribution in [0.4, 0.5) is 0 Å². The van der Waals surface area contributed by atoms with Crippen molar-refractivity contribution in [3.63, 3.8) is 0 Å². The quantitative estimate of drug-likeness (QED) is 0.687. The van der Waals surface area contributed by atoms with E-state index in [0.717, 1.165) is 12.8 Å². The Labute approximate surface area is 181 Å². The van der Waals surface area contributed by atoms with E-state index in [1.807, 2.05) is 23.1 Å². The summed E-state index contributed by atoms with van der Waals surface area (Å²) in [4.78, 5) is 14.8. The summed E-state index contributed by atoms with van der Waals surface area (Å²) in [6.07, 6.45) is 1.54. The van der Waals surface area contributed by atoms with Crippen LogP contribution in [-0.2, 0) is 14.8 Å². The molecule has 0 radical (unpaired) electrons. The predicted molar refractivity (Wildman–Crippen MR) is 116 cm³/mol. The molecule has 0 saturated carbocycles. The Balaban J connectivity index is 1.32. The molecule has 9 heteroatoms. The summed E-state index contributed by atoms with van der Waals surface area (Å²) in [5, 5.41) is 2.92. The number of benzene rings is 2. The zero-order valence-electron chi connectivity index (χ0n) is 17.3. The van der Waals surface area contributed by atoms with Crippen molar-refractivity contribution in [3.05, 3.63) is 54.1 Å². The lowest BCUT2D eigenvalue weighted by Gasteiger charge is -2.33. The fourth-order valence-electron chi connectivity index (χ4n) is 3.88. The molecular weight excluding hydrogens is 418 g/mol. The van der Waals surface area contributed by atoms with Gasteiger partial charge >= 0.3 is 0 Å². The second-order valence-electron chi connectivity index (χ2n) is 7.49. The first kappa shape index (κ1) is 21.2. The highest BCUT2D eigenvalue weighted by atomic mass is 32.2. The van der Waals surface area contributed by atoms with Crippen LogP contribution in [0.5, 0.6) is 11.5 Å². The number of nitrogens with one attached hydrogen (secondary N) is 1. The first-order valence-electron chi connectivity index (χ1n) is 10.2. The molecule has 2 heterocycles. The lowest BCUT2D eigenvalue weighted by atomic mass is 9.96. The van der Waals surface area contributed by atoms with E-state index < -0.39 is 10.0 Å². The maximum absolute atomic E-state index is 12.7. The van der Waals surface area contributed by atoms with Gasteiger partial charge in [-0.05, 0) is 37.1 Å². The van der Waals surface area contributed by atoms with Crippen LogP contribution in [-0.4, -0.2) is 58.4 Å². The first-order chi connectivity index (χ1) is 15.0. The van der Waals surface area contributed by atoms with Gasteiger partial charge in [0.05, 0.1) is 19.6 Å². The largest absolute Gasteiger partial charge is 0.497 e. The number of methoxy groups -OCH3 is 1. The Morgan fingerprint density at radius 2 is 2.00 bits per heavy atom. The molecule has 2 aliphatic heterocycles. The van der Waals surface area contributed by atoms with Crippen molar-refractivity contribution in [1.29, 1.82) is 0 Å². The van der Waals surface area contributed by atoms with E-state index in [-0.39, 0.29) is 16.7 Å². The summed E-state index contributed by atoms with van der Waals surface area (Å²) in [6, 6.07) is 14.1. The Bertz CT molecular complexity index is 1100. The normalized spacial score (nSPS) is 19.3. The number of amidine groups is 1. The van der Waals surface area contributed by atoms with Crippen LogP contribution in [0.3, 0.4) is 0 Å². The molecule has 1 amide bonds. The first-order valence-corrected chi connectivity index (χ1v) is 11.7. The van der Waals surface area contributed by atoms with E-state index in [0.29, 0.717) is 49.1 Å². The summed E-state index contributed by atoms with van der Waals surface area (Å²) < 4.78 is 39.5. The maximum atomic E-state index is 12.7. The molecule has 0 aliphatic carbocycles. The number of hydrogen-bond donors (Lipinski definition) is 1. The third-order valence-electron chi connectivity index (χ3n) is 5.42. The average Bonchev–Trinajstić information content (AvgIpc) is 3.08. The zero-order valence-corrected chi connectivity index (χ0v) is 18.1. The third-order valence-corrected chi connectivity index (χ3v) is 6.74. The number of carbonyl (C=O) groups excluding carboxylic acids is 1. The number of likely N-dealkylation sites (tertiary alicyclic amines) is 1. The van der Waals surface area contributed by atoms with Gasteiger partial charge in [-0.3, -0.25) is 4.79 Å². The highest BCUT2D eigenvalue weighted by molar-refractivity contribution is 7.90. The molecule has 2 aromatic rings. The molecule has 0 spiro atoms. The van der Waals surface area contributed by atoms with Crippen molar-refractivity contribution in [2.24, 2.45) is 10.3 Å². The number of rotatable bonds is 6. The summed E-state index contributed by atoms with van der Waals surface area (Å²) >= 11 is 0. The molecule has 4 rings (SSSR count). The minimum Gasteiger partial charge on any atom is -0.497 e. The number of sulfonamides is 1. The smallest absolute Gasteiger partial charge is 0.285 e. The van der Waals surface area contributed by atoms with E-state index in [4.69, 9.17) is 9.47 Å². The molecule has 1 saturated heterocycles. The van der Waals surface area contributed by atoms with Crippen LogP contribution in [0.15, 0.2) is 57.8 Å². The lowest BCUT2D eigenvalue weighted by Crippen LogP contribution is -2.46. The molecule has 0 aromatic heterocycles. The van der Waals surface area contributed by atoms with Gasteiger partial charge in [0.1, 0.15) is 23.0 Å². The van der Waals surface area contributed by atoms with Gasteiger partial charge in [0.15, 0.2) is 5.84 Å². The highest BCUT2D eigenvalue weighted by Gasteiger charge is 2.35. The Morgan fingerprint density at radius 3 is 2.84 bits per heavy atom. The van der Waals surface area contributed by atoms with Gasteiger partial charge in [0.25, 0.3) is 10.0 Å². The van der Waals surface area contributed by atoms with E-state index >= 15 is 0 Å². The van der Waals surface area contributed by atoms with Crippen LogP contribution < -0.4 is 14.8 Å².